The molecule has 0 aliphatic carbocycles. The van der Waals surface area contributed by atoms with Crippen LogP contribution in [0.2, 0.25) is 0 Å². The van der Waals surface area contributed by atoms with Crippen LogP contribution < -0.4 is 0 Å². The molecular weight excluding hydrogens is 757 g/mol. The number of carbonyl (C=O) groups is 3. The van der Waals surface area contributed by atoms with Gasteiger partial charge in [-0.25, -0.2) is 0 Å². The maximum absolute atomic E-state index is 12.8. The predicted molar refractivity (Wildman–Crippen MR) is 261 cm³/mol. The summed E-state index contributed by atoms with van der Waals surface area (Å²) in [5.74, 6) is 0.766. The molecular formula is C55H106O6. The van der Waals surface area contributed by atoms with Crippen LogP contribution in [0, 0.1) is 11.8 Å². The van der Waals surface area contributed by atoms with Crippen molar-refractivity contribution in [2.45, 2.75) is 310 Å². The van der Waals surface area contributed by atoms with Crippen LogP contribution in [0.15, 0.2) is 0 Å². The first-order valence-electron chi connectivity index (χ1n) is 27.2. The first-order valence-corrected chi connectivity index (χ1v) is 27.2. The van der Waals surface area contributed by atoms with Crippen LogP contribution in [0.4, 0.5) is 0 Å². The van der Waals surface area contributed by atoms with Crippen molar-refractivity contribution >= 4 is 17.9 Å². The lowest BCUT2D eigenvalue weighted by Crippen LogP contribution is -2.30. The topological polar surface area (TPSA) is 78.9 Å². The van der Waals surface area contributed by atoms with Crippen molar-refractivity contribution in [3.63, 3.8) is 0 Å². The van der Waals surface area contributed by atoms with Crippen molar-refractivity contribution in [2.75, 3.05) is 13.2 Å². The second-order valence-electron chi connectivity index (χ2n) is 19.8. The standard InChI is InChI=1S/C55H106O6/c1-6-7-8-9-10-11-12-13-14-15-16-17-18-19-20-25-30-35-40-45-53(56)59-48-52(61-55(58)47-42-37-32-27-22-24-29-34-39-44-51(4)5)49-60-54(57)46-41-36-31-26-21-23-28-33-38-43-50(2)3/h50-52H,6-49H2,1-5H3/t52-/m1/s1. The van der Waals surface area contributed by atoms with E-state index in [0.29, 0.717) is 19.3 Å². The summed E-state index contributed by atoms with van der Waals surface area (Å²) < 4.78 is 16.8. The quantitative estimate of drug-likeness (QED) is 0.0344. The van der Waals surface area contributed by atoms with E-state index >= 15 is 0 Å². The number of rotatable bonds is 49. The Balaban J connectivity index is 4.25. The number of carbonyl (C=O) groups excluding carboxylic acids is 3. The summed E-state index contributed by atoms with van der Waals surface area (Å²) >= 11 is 0. The Bertz CT molecular complexity index is 931. The Labute approximate surface area is 380 Å². The fourth-order valence-electron chi connectivity index (χ4n) is 8.34. The molecule has 0 rings (SSSR count). The number of hydrogen-bond acceptors (Lipinski definition) is 6. The van der Waals surface area contributed by atoms with Gasteiger partial charge >= 0.3 is 17.9 Å². The minimum atomic E-state index is -0.762. The van der Waals surface area contributed by atoms with Gasteiger partial charge in [0.05, 0.1) is 0 Å². The highest BCUT2D eigenvalue weighted by molar-refractivity contribution is 5.71. The molecule has 0 radical (unpaired) electrons. The van der Waals surface area contributed by atoms with Crippen LogP contribution in [0.1, 0.15) is 304 Å². The highest BCUT2D eigenvalue weighted by Crippen LogP contribution is 2.18. The molecule has 0 amide bonds. The lowest BCUT2D eigenvalue weighted by molar-refractivity contribution is -0.167. The molecule has 0 unspecified atom stereocenters. The fourth-order valence-corrected chi connectivity index (χ4v) is 8.34. The van der Waals surface area contributed by atoms with Gasteiger partial charge in [-0.15, -0.1) is 0 Å². The van der Waals surface area contributed by atoms with Gasteiger partial charge in [-0.1, -0.05) is 266 Å². The van der Waals surface area contributed by atoms with Crippen LogP contribution >= 0.6 is 0 Å². The largest absolute Gasteiger partial charge is 0.462 e. The third-order valence-electron chi connectivity index (χ3n) is 12.5. The number of hydrogen-bond donors (Lipinski definition) is 0. The molecule has 0 aromatic rings. The van der Waals surface area contributed by atoms with Gasteiger partial charge in [0.1, 0.15) is 13.2 Å². The number of ether oxygens (including phenoxy) is 3. The molecule has 0 N–H and O–H groups in total. The van der Waals surface area contributed by atoms with E-state index < -0.39 is 6.10 Å². The third kappa shape index (κ3) is 49.3. The monoisotopic (exact) mass is 863 g/mol. The van der Waals surface area contributed by atoms with Crippen molar-refractivity contribution in [1.29, 1.82) is 0 Å². The summed E-state index contributed by atoms with van der Waals surface area (Å²) in [5, 5.41) is 0. The molecule has 0 aliphatic rings. The first-order chi connectivity index (χ1) is 29.7. The molecule has 0 saturated heterocycles. The molecule has 0 heterocycles. The number of unbranched alkanes of at least 4 members (excludes halogenated alkanes) is 34. The van der Waals surface area contributed by atoms with E-state index in [9.17, 15) is 14.4 Å². The third-order valence-corrected chi connectivity index (χ3v) is 12.5. The molecule has 1 atom stereocenters. The van der Waals surface area contributed by atoms with Crippen molar-refractivity contribution in [3.8, 4) is 0 Å². The van der Waals surface area contributed by atoms with E-state index in [1.54, 1.807) is 0 Å². The van der Waals surface area contributed by atoms with E-state index in [1.165, 1.54) is 193 Å². The van der Waals surface area contributed by atoms with Gasteiger partial charge in [-0.2, -0.15) is 0 Å². The van der Waals surface area contributed by atoms with Crippen LogP contribution in [-0.2, 0) is 28.6 Å². The molecule has 0 aliphatic heterocycles. The SMILES string of the molecule is CCCCCCCCCCCCCCCCCCCCCC(=O)OC[C@H](COC(=O)CCCCCCCCCCCC(C)C)OC(=O)CCCCCCCCCCCC(C)C. The van der Waals surface area contributed by atoms with Gasteiger partial charge < -0.3 is 14.2 Å². The molecule has 362 valence electrons. The Kier molecular flexibility index (Phi) is 46.6. The maximum Gasteiger partial charge on any atom is 0.306 e. The lowest BCUT2D eigenvalue weighted by Gasteiger charge is -2.18. The van der Waals surface area contributed by atoms with Gasteiger partial charge in [0.2, 0.25) is 0 Å². The summed E-state index contributed by atoms with van der Waals surface area (Å²) in [6.45, 7) is 11.3. The maximum atomic E-state index is 12.8. The highest BCUT2D eigenvalue weighted by Gasteiger charge is 2.19. The van der Waals surface area contributed by atoms with Gasteiger partial charge in [-0.05, 0) is 31.1 Å². The zero-order valence-electron chi connectivity index (χ0n) is 41.8. The first kappa shape index (κ1) is 59.4. The number of esters is 3. The zero-order chi connectivity index (χ0) is 44.7. The van der Waals surface area contributed by atoms with Gasteiger partial charge in [0.15, 0.2) is 6.10 Å². The Hall–Kier alpha value is -1.59. The predicted octanol–water partition coefficient (Wildman–Crippen LogP) is 17.7. The van der Waals surface area contributed by atoms with E-state index in [0.717, 1.165) is 69.6 Å². The average Bonchev–Trinajstić information content (AvgIpc) is 3.23. The van der Waals surface area contributed by atoms with Gasteiger partial charge in [0.25, 0.3) is 0 Å². The molecule has 0 saturated carbocycles. The van der Waals surface area contributed by atoms with Crippen LogP contribution in [-0.4, -0.2) is 37.2 Å². The average molecular weight is 863 g/mol. The van der Waals surface area contributed by atoms with Crippen molar-refractivity contribution in [1.82, 2.24) is 0 Å². The molecule has 6 nitrogen and oxygen atoms in total. The summed E-state index contributed by atoms with van der Waals surface area (Å²) in [6, 6.07) is 0. The Morgan fingerprint density at radius 3 is 0.803 bits per heavy atom. The van der Waals surface area contributed by atoms with Crippen LogP contribution in [0.5, 0.6) is 0 Å². The van der Waals surface area contributed by atoms with E-state index in [4.69, 9.17) is 14.2 Å². The molecule has 6 heteroatoms. The smallest absolute Gasteiger partial charge is 0.306 e. The van der Waals surface area contributed by atoms with Crippen LogP contribution in [0.25, 0.3) is 0 Å². The lowest BCUT2D eigenvalue weighted by atomic mass is 10.0. The fraction of sp³-hybridized carbons (Fsp3) is 0.945. The highest BCUT2D eigenvalue weighted by atomic mass is 16.6. The molecule has 0 bridgehead atoms. The van der Waals surface area contributed by atoms with Crippen molar-refractivity contribution < 1.29 is 28.6 Å². The molecule has 0 aromatic heterocycles. The van der Waals surface area contributed by atoms with E-state index in [1.807, 2.05) is 0 Å². The van der Waals surface area contributed by atoms with Gasteiger partial charge in [-0.3, -0.25) is 14.4 Å². The van der Waals surface area contributed by atoms with Crippen LogP contribution in [0.3, 0.4) is 0 Å². The van der Waals surface area contributed by atoms with Crippen molar-refractivity contribution in [2.24, 2.45) is 11.8 Å². The Morgan fingerprint density at radius 1 is 0.311 bits per heavy atom. The van der Waals surface area contributed by atoms with Crippen molar-refractivity contribution in [3.05, 3.63) is 0 Å². The molecule has 0 fully saturated rings. The summed E-state index contributed by atoms with van der Waals surface area (Å²) in [7, 11) is 0. The van der Waals surface area contributed by atoms with E-state index in [2.05, 4.69) is 34.6 Å². The normalized spacial score (nSPS) is 12.0. The summed E-state index contributed by atoms with van der Waals surface area (Å²) in [5.41, 5.74) is 0. The molecule has 0 aromatic carbocycles. The minimum absolute atomic E-state index is 0.0639. The zero-order valence-corrected chi connectivity index (χ0v) is 41.8. The molecule has 61 heavy (non-hydrogen) atoms. The van der Waals surface area contributed by atoms with Gasteiger partial charge in [0, 0.05) is 19.3 Å². The second-order valence-corrected chi connectivity index (χ2v) is 19.8. The minimum Gasteiger partial charge on any atom is -0.462 e. The second kappa shape index (κ2) is 47.9. The summed E-state index contributed by atoms with van der Waals surface area (Å²) in [4.78, 5) is 38.0. The summed E-state index contributed by atoms with van der Waals surface area (Å²) in [6.07, 6.45) is 49.6. The molecule has 0 spiro atoms. The van der Waals surface area contributed by atoms with E-state index in [-0.39, 0.29) is 31.1 Å². The Morgan fingerprint density at radius 2 is 0.541 bits per heavy atom.